The standard InChI is InChI=1S/C12H19N3S/c16-12(14-11-5-1-2-6-11)13-7-10-15-8-3-4-9-15/h3-4,8-9,11H,1-2,5-7,10H2,(H2,13,14,16). The van der Waals surface area contributed by atoms with Crippen LogP contribution >= 0.6 is 12.2 Å². The van der Waals surface area contributed by atoms with Crippen molar-refractivity contribution in [3.8, 4) is 0 Å². The average Bonchev–Trinajstić information content (AvgIpc) is 2.90. The van der Waals surface area contributed by atoms with E-state index in [2.05, 4.69) is 27.6 Å². The molecule has 3 nitrogen and oxygen atoms in total. The van der Waals surface area contributed by atoms with Crippen LogP contribution < -0.4 is 10.6 Å². The van der Waals surface area contributed by atoms with Gasteiger partial charge in [0.2, 0.25) is 0 Å². The molecule has 0 aliphatic heterocycles. The van der Waals surface area contributed by atoms with Crippen molar-refractivity contribution in [2.24, 2.45) is 0 Å². The SMILES string of the molecule is S=C(NCCn1cccc1)NC1CCCC1. The van der Waals surface area contributed by atoms with Crippen LogP contribution in [0.2, 0.25) is 0 Å². The molecule has 1 heterocycles. The van der Waals surface area contributed by atoms with Crippen LogP contribution in [0.15, 0.2) is 24.5 Å². The first-order valence-corrected chi connectivity index (χ1v) is 6.40. The van der Waals surface area contributed by atoms with E-state index < -0.39 is 0 Å². The predicted molar refractivity (Wildman–Crippen MR) is 70.4 cm³/mol. The molecule has 0 aromatic carbocycles. The van der Waals surface area contributed by atoms with Gasteiger partial charge in [0.05, 0.1) is 0 Å². The van der Waals surface area contributed by atoms with E-state index in [9.17, 15) is 0 Å². The first-order valence-electron chi connectivity index (χ1n) is 6.00. The molecule has 0 amide bonds. The van der Waals surface area contributed by atoms with E-state index in [-0.39, 0.29) is 0 Å². The first kappa shape index (κ1) is 11.5. The summed E-state index contributed by atoms with van der Waals surface area (Å²) >= 11 is 5.25. The molecule has 2 N–H and O–H groups in total. The van der Waals surface area contributed by atoms with Gasteiger partial charge in [0, 0.05) is 31.5 Å². The molecular weight excluding hydrogens is 218 g/mol. The third-order valence-electron chi connectivity index (χ3n) is 3.01. The number of thiocarbonyl (C=S) groups is 1. The Hall–Kier alpha value is -1.03. The highest BCUT2D eigenvalue weighted by Gasteiger charge is 2.14. The molecule has 88 valence electrons. The van der Waals surface area contributed by atoms with Gasteiger partial charge < -0.3 is 15.2 Å². The van der Waals surface area contributed by atoms with Crippen molar-refractivity contribution in [1.82, 2.24) is 15.2 Å². The van der Waals surface area contributed by atoms with E-state index in [0.717, 1.165) is 18.2 Å². The van der Waals surface area contributed by atoms with Crippen LogP contribution in [0.3, 0.4) is 0 Å². The molecule has 1 aromatic rings. The summed E-state index contributed by atoms with van der Waals surface area (Å²) in [6, 6.07) is 4.68. The minimum absolute atomic E-state index is 0.603. The fourth-order valence-electron chi connectivity index (χ4n) is 2.12. The summed E-state index contributed by atoms with van der Waals surface area (Å²) < 4.78 is 2.14. The van der Waals surface area contributed by atoms with E-state index in [1.807, 2.05) is 12.1 Å². The van der Waals surface area contributed by atoms with Crippen LogP contribution in [-0.4, -0.2) is 22.3 Å². The molecule has 1 aromatic heterocycles. The minimum atomic E-state index is 0.603. The largest absolute Gasteiger partial charge is 0.361 e. The van der Waals surface area contributed by atoms with Crippen LogP contribution in [0.5, 0.6) is 0 Å². The van der Waals surface area contributed by atoms with Gasteiger partial charge in [0.15, 0.2) is 5.11 Å². The second-order valence-electron chi connectivity index (χ2n) is 4.30. The van der Waals surface area contributed by atoms with Crippen molar-refractivity contribution >= 4 is 17.3 Å². The normalized spacial score (nSPS) is 16.2. The highest BCUT2D eigenvalue weighted by atomic mass is 32.1. The van der Waals surface area contributed by atoms with Crippen molar-refractivity contribution in [3.63, 3.8) is 0 Å². The van der Waals surface area contributed by atoms with Gasteiger partial charge >= 0.3 is 0 Å². The van der Waals surface area contributed by atoms with Gasteiger partial charge in [-0.15, -0.1) is 0 Å². The van der Waals surface area contributed by atoms with E-state index in [4.69, 9.17) is 12.2 Å². The number of nitrogens with zero attached hydrogens (tertiary/aromatic N) is 1. The highest BCUT2D eigenvalue weighted by Crippen LogP contribution is 2.17. The Morgan fingerprint density at radius 1 is 1.25 bits per heavy atom. The van der Waals surface area contributed by atoms with Crippen molar-refractivity contribution in [1.29, 1.82) is 0 Å². The maximum absolute atomic E-state index is 5.25. The van der Waals surface area contributed by atoms with Gasteiger partial charge in [-0.3, -0.25) is 0 Å². The molecule has 0 radical (unpaired) electrons. The molecule has 1 aliphatic rings. The van der Waals surface area contributed by atoms with Gasteiger partial charge in [-0.2, -0.15) is 0 Å². The maximum Gasteiger partial charge on any atom is 0.166 e. The number of hydrogen-bond acceptors (Lipinski definition) is 1. The van der Waals surface area contributed by atoms with Crippen molar-refractivity contribution in [2.75, 3.05) is 6.54 Å². The fourth-order valence-corrected chi connectivity index (χ4v) is 2.39. The van der Waals surface area contributed by atoms with E-state index in [1.54, 1.807) is 0 Å². The van der Waals surface area contributed by atoms with E-state index >= 15 is 0 Å². The van der Waals surface area contributed by atoms with E-state index in [1.165, 1.54) is 25.7 Å². The fraction of sp³-hybridized carbons (Fsp3) is 0.583. The Labute approximate surface area is 102 Å². The Bertz CT molecular complexity index is 315. The monoisotopic (exact) mass is 237 g/mol. The topological polar surface area (TPSA) is 29.0 Å². The third-order valence-corrected chi connectivity index (χ3v) is 3.27. The summed E-state index contributed by atoms with van der Waals surface area (Å²) in [5, 5.41) is 7.42. The minimum Gasteiger partial charge on any atom is -0.361 e. The quantitative estimate of drug-likeness (QED) is 0.784. The Morgan fingerprint density at radius 3 is 2.62 bits per heavy atom. The molecule has 0 spiro atoms. The molecule has 0 bridgehead atoms. The lowest BCUT2D eigenvalue weighted by Crippen LogP contribution is -2.41. The van der Waals surface area contributed by atoms with Crippen molar-refractivity contribution < 1.29 is 0 Å². The average molecular weight is 237 g/mol. The summed E-state index contributed by atoms with van der Waals surface area (Å²) in [7, 11) is 0. The molecule has 1 aliphatic carbocycles. The van der Waals surface area contributed by atoms with Crippen molar-refractivity contribution in [3.05, 3.63) is 24.5 Å². The highest BCUT2D eigenvalue weighted by molar-refractivity contribution is 7.80. The number of aromatic nitrogens is 1. The van der Waals surface area contributed by atoms with Gasteiger partial charge in [-0.05, 0) is 37.2 Å². The Morgan fingerprint density at radius 2 is 1.94 bits per heavy atom. The molecule has 1 saturated carbocycles. The first-order chi connectivity index (χ1) is 7.84. The van der Waals surface area contributed by atoms with Crippen molar-refractivity contribution in [2.45, 2.75) is 38.3 Å². The van der Waals surface area contributed by atoms with Crippen LogP contribution in [0.4, 0.5) is 0 Å². The molecular formula is C12H19N3S. The Kier molecular flexibility index (Phi) is 4.22. The van der Waals surface area contributed by atoms with Gasteiger partial charge in [0.25, 0.3) is 0 Å². The van der Waals surface area contributed by atoms with Crippen LogP contribution in [0.25, 0.3) is 0 Å². The van der Waals surface area contributed by atoms with Gasteiger partial charge in [-0.1, -0.05) is 12.8 Å². The lowest BCUT2D eigenvalue weighted by atomic mass is 10.3. The molecule has 2 rings (SSSR count). The zero-order chi connectivity index (χ0) is 11.2. The zero-order valence-corrected chi connectivity index (χ0v) is 10.3. The second kappa shape index (κ2) is 5.89. The summed E-state index contributed by atoms with van der Waals surface area (Å²) in [5.41, 5.74) is 0. The van der Waals surface area contributed by atoms with Crippen LogP contribution in [0, 0.1) is 0 Å². The number of rotatable bonds is 4. The van der Waals surface area contributed by atoms with E-state index in [0.29, 0.717) is 6.04 Å². The summed E-state index contributed by atoms with van der Waals surface area (Å²) in [4.78, 5) is 0. The third kappa shape index (κ3) is 3.52. The maximum atomic E-state index is 5.25. The molecule has 1 fully saturated rings. The predicted octanol–water partition coefficient (Wildman–Crippen LogP) is 1.89. The zero-order valence-electron chi connectivity index (χ0n) is 9.48. The summed E-state index contributed by atoms with van der Waals surface area (Å²) in [6.45, 7) is 1.84. The van der Waals surface area contributed by atoms with Gasteiger partial charge in [-0.25, -0.2) is 0 Å². The second-order valence-corrected chi connectivity index (χ2v) is 4.71. The summed E-state index contributed by atoms with van der Waals surface area (Å²) in [5.74, 6) is 0. The number of nitrogens with one attached hydrogen (secondary N) is 2. The Balaban J connectivity index is 1.60. The lowest BCUT2D eigenvalue weighted by Gasteiger charge is -2.15. The molecule has 4 heteroatoms. The molecule has 0 atom stereocenters. The molecule has 16 heavy (non-hydrogen) atoms. The molecule has 0 unspecified atom stereocenters. The number of hydrogen-bond donors (Lipinski definition) is 2. The van der Waals surface area contributed by atoms with Crippen LogP contribution in [0.1, 0.15) is 25.7 Å². The van der Waals surface area contributed by atoms with Crippen LogP contribution in [-0.2, 0) is 6.54 Å². The molecule has 0 saturated heterocycles. The lowest BCUT2D eigenvalue weighted by molar-refractivity contribution is 0.610. The summed E-state index contributed by atoms with van der Waals surface area (Å²) in [6.07, 6.45) is 9.33. The van der Waals surface area contributed by atoms with Gasteiger partial charge in [0.1, 0.15) is 0 Å². The smallest absolute Gasteiger partial charge is 0.166 e.